The predicted molar refractivity (Wildman–Crippen MR) is 68.5 cm³/mol. The Morgan fingerprint density at radius 3 is 3.16 bits per heavy atom. The highest BCUT2D eigenvalue weighted by atomic mass is 16.5. The molecule has 6 nitrogen and oxygen atoms in total. The van der Waals surface area contributed by atoms with Gasteiger partial charge in [0.15, 0.2) is 0 Å². The summed E-state index contributed by atoms with van der Waals surface area (Å²) in [4.78, 5) is 13.1. The summed E-state index contributed by atoms with van der Waals surface area (Å²) in [7, 11) is 0. The maximum absolute atomic E-state index is 11.1. The van der Waals surface area contributed by atoms with Crippen LogP contribution in [0.2, 0.25) is 0 Å². The molecule has 6 heteroatoms. The molecule has 0 saturated carbocycles. The van der Waals surface area contributed by atoms with E-state index in [0.717, 1.165) is 18.0 Å². The van der Waals surface area contributed by atoms with Crippen molar-refractivity contribution in [1.82, 2.24) is 10.2 Å². The zero-order valence-electron chi connectivity index (χ0n) is 10.2. The van der Waals surface area contributed by atoms with E-state index < -0.39 is 5.97 Å². The number of ether oxygens (including phenoxy) is 1. The highest BCUT2D eigenvalue weighted by Crippen LogP contribution is 2.31. The molecule has 2 aromatic rings. The molecule has 2 heterocycles. The van der Waals surface area contributed by atoms with Gasteiger partial charge < -0.3 is 14.7 Å². The second-order valence-corrected chi connectivity index (χ2v) is 4.31. The van der Waals surface area contributed by atoms with Crippen molar-refractivity contribution < 1.29 is 14.6 Å². The first-order chi connectivity index (χ1) is 9.25. The van der Waals surface area contributed by atoms with Crippen LogP contribution < -0.4 is 9.64 Å². The zero-order chi connectivity index (χ0) is 13.2. The first kappa shape index (κ1) is 11.6. The number of hydrogen-bond acceptors (Lipinski definition) is 4. The second-order valence-electron chi connectivity index (χ2n) is 4.31. The standard InChI is InChI=1S/C13H13N3O3/c17-13(18)9-7-14-15-10(9)8-16-5-6-19-12-4-2-1-3-11(12)16/h1-4,7H,5-6,8H2,(H,14,15)(H,17,18). The van der Waals surface area contributed by atoms with Crippen LogP contribution in [0.5, 0.6) is 5.75 Å². The van der Waals surface area contributed by atoms with Gasteiger partial charge in [-0.2, -0.15) is 5.10 Å². The maximum atomic E-state index is 11.1. The molecule has 1 aliphatic rings. The maximum Gasteiger partial charge on any atom is 0.339 e. The van der Waals surface area contributed by atoms with Gasteiger partial charge in [-0.15, -0.1) is 0 Å². The molecule has 0 aliphatic carbocycles. The van der Waals surface area contributed by atoms with Gasteiger partial charge >= 0.3 is 5.97 Å². The van der Waals surface area contributed by atoms with Gasteiger partial charge in [-0.3, -0.25) is 5.10 Å². The minimum Gasteiger partial charge on any atom is -0.490 e. The monoisotopic (exact) mass is 259 g/mol. The van der Waals surface area contributed by atoms with Crippen LogP contribution in [0.1, 0.15) is 16.1 Å². The van der Waals surface area contributed by atoms with Gasteiger partial charge in [0.05, 0.1) is 30.7 Å². The van der Waals surface area contributed by atoms with Gasteiger partial charge in [-0.05, 0) is 12.1 Å². The number of rotatable bonds is 3. The number of carboxylic acids is 1. The molecule has 1 aromatic carbocycles. The number of nitrogens with one attached hydrogen (secondary N) is 1. The third-order valence-electron chi connectivity index (χ3n) is 3.12. The molecule has 0 fully saturated rings. The summed E-state index contributed by atoms with van der Waals surface area (Å²) in [5, 5.41) is 15.6. The van der Waals surface area contributed by atoms with Gasteiger partial charge in [0.25, 0.3) is 0 Å². The Balaban J connectivity index is 1.89. The summed E-state index contributed by atoms with van der Waals surface area (Å²) in [6.45, 7) is 1.78. The molecule has 0 atom stereocenters. The molecule has 0 bridgehead atoms. The molecule has 1 aliphatic heterocycles. The van der Waals surface area contributed by atoms with Gasteiger partial charge in [0, 0.05) is 0 Å². The van der Waals surface area contributed by atoms with E-state index in [1.807, 2.05) is 24.3 Å². The lowest BCUT2D eigenvalue weighted by Crippen LogP contribution is -2.32. The number of benzene rings is 1. The fraction of sp³-hybridized carbons (Fsp3) is 0.231. The highest BCUT2D eigenvalue weighted by molar-refractivity contribution is 5.88. The Hall–Kier alpha value is -2.50. The third kappa shape index (κ3) is 2.12. The molecule has 0 spiro atoms. The zero-order valence-corrected chi connectivity index (χ0v) is 10.2. The Morgan fingerprint density at radius 1 is 1.47 bits per heavy atom. The Labute approximate surface area is 109 Å². The minimum atomic E-state index is -0.967. The summed E-state index contributed by atoms with van der Waals surface area (Å²) in [5.74, 6) is -0.143. The first-order valence-electron chi connectivity index (χ1n) is 5.98. The number of fused-ring (bicyclic) bond motifs is 1. The number of aromatic amines is 1. The van der Waals surface area contributed by atoms with Crippen molar-refractivity contribution in [2.45, 2.75) is 6.54 Å². The fourth-order valence-corrected chi connectivity index (χ4v) is 2.20. The van der Waals surface area contributed by atoms with Crippen LogP contribution in [0, 0.1) is 0 Å². The summed E-state index contributed by atoms with van der Waals surface area (Å²) >= 11 is 0. The molecule has 19 heavy (non-hydrogen) atoms. The number of para-hydroxylation sites is 2. The largest absolute Gasteiger partial charge is 0.490 e. The second kappa shape index (κ2) is 4.64. The molecular formula is C13H13N3O3. The van der Waals surface area contributed by atoms with Crippen molar-refractivity contribution in [1.29, 1.82) is 0 Å². The van der Waals surface area contributed by atoms with E-state index in [2.05, 4.69) is 15.1 Å². The summed E-state index contributed by atoms with van der Waals surface area (Å²) in [5.41, 5.74) is 1.79. The first-order valence-corrected chi connectivity index (χ1v) is 5.98. The Bertz CT molecular complexity index is 609. The van der Waals surface area contributed by atoms with Crippen LogP contribution in [0.4, 0.5) is 5.69 Å². The van der Waals surface area contributed by atoms with Crippen molar-refractivity contribution in [3.05, 3.63) is 41.7 Å². The smallest absolute Gasteiger partial charge is 0.339 e. The van der Waals surface area contributed by atoms with Crippen LogP contribution in [0.25, 0.3) is 0 Å². The lowest BCUT2D eigenvalue weighted by atomic mass is 10.2. The van der Waals surface area contributed by atoms with Gasteiger partial charge in [-0.25, -0.2) is 4.79 Å². The van der Waals surface area contributed by atoms with E-state index >= 15 is 0 Å². The van der Waals surface area contributed by atoms with Gasteiger partial charge in [-0.1, -0.05) is 12.1 Å². The van der Waals surface area contributed by atoms with Crippen LogP contribution in [0.15, 0.2) is 30.5 Å². The molecular weight excluding hydrogens is 246 g/mol. The summed E-state index contributed by atoms with van der Waals surface area (Å²) in [6, 6.07) is 7.73. The lowest BCUT2D eigenvalue weighted by molar-refractivity contribution is 0.0696. The Kier molecular flexibility index (Phi) is 2.83. The van der Waals surface area contributed by atoms with E-state index in [1.165, 1.54) is 6.20 Å². The summed E-state index contributed by atoms with van der Waals surface area (Å²) in [6.07, 6.45) is 1.34. The van der Waals surface area contributed by atoms with Crippen molar-refractivity contribution in [3.63, 3.8) is 0 Å². The van der Waals surface area contributed by atoms with E-state index in [9.17, 15) is 4.79 Å². The lowest BCUT2D eigenvalue weighted by Gasteiger charge is -2.30. The van der Waals surface area contributed by atoms with Crippen molar-refractivity contribution >= 4 is 11.7 Å². The average Bonchev–Trinajstić information content (AvgIpc) is 2.87. The molecule has 0 radical (unpaired) electrons. The number of H-pyrrole nitrogens is 1. The van der Waals surface area contributed by atoms with Crippen molar-refractivity contribution in [3.8, 4) is 5.75 Å². The number of carbonyl (C=O) groups is 1. The third-order valence-corrected chi connectivity index (χ3v) is 3.12. The molecule has 0 saturated heterocycles. The van der Waals surface area contributed by atoms with Crippen LogP contribution in [-0.4, -0.2) is 34.4 Å². The SMILES string of the molecule is O=C(O)c1cn[nH]c1CN1CCOc2ccccc21. The molecule has 98 valence electrons. The van der Waals surface area contributed by atoms with Crippen molar-refractivity contribution in [2.24, 2.45) is 0 Å². The number of hydrogen-bond donors (Lipinski definition) is 2. The van der Waals surface area contributed by atoms with Crippen LogP contribution in [0.3, 0.4) is 0 Å². The topological polar surface area (TPSA) is 78.4 Å². The van der Waals surface area contributed by atoms with E-state index in [-0.39, 0.29) is 5.56 Å². The molecule has 2 N–H and O–H groups in total. The quantitative estimate of drug-likeness (QED) is 0.873. The van der Waals surface area contributed by atoms with Gasteiger partial charge in [0.1, 0.15) is 17.9 Å². The highest BCUT2D eigenvalue weighted by Gasteiger charge is 2.20. The van der Waals surface area contributed by atoms with E-state index in [1.54, 1.807) is 0 Å². The predicted octanol–water partition coefficient (Wildman–Crippen LogP) is 1.51. The van der Waals surface area contributed by atoms with Crippen LogP contribution in [-0.2, 0) is 6.54 Å². The molecule has 3 rings (SSSR count). The molecule has 1 aromatic heterocycles. The van der Waals surface area contributed by atoms with Crippen LogP contribution >= 0.6 is 0 Å². The fourth-order valence-electron chi connectivity index (χ4n) is 2.20. The Morgan fingerprint density at radius 2 is 2.32 bits per heavy atom. The molecule has 0 amide bonds. The van der Waals surface area contributed by atoms with E-state index in [0.29, 0.717) is 18.8 Å². The number of aromatic carboxylic acids is 1. The minimum absolute atomic E-state index is 0.212. The normalized spacial score (nSPS) is 13.8. The van der Waals surface area contributed by atoms with E-state index in [4.69, 9.17) is 9.84 Å². The summed E-state index contributed by atoms with van der Waals surface area (Å²) < 4.78 is 5.57. The number of carboxylic acid groups (broad SMARTS) is 1. The number of anilines is 1. The van der Waals surface area contributed by atoms with Crippen molar-refractivity contribution in [2.75, 3.05) is 18.1 Å². The number of aromatic nitrogens is 2. The average molecular weight is 259 g/mol. The molecule has 0 unspecified atom stereocenters. The number of nitrogens with zero attached hydrogens (tertiary/aromatic N) is 2. The van der Waals surface area contributed by atoms with Gasteiger partial charge in [0.2, 0.25) is 0 Å².